The van der Waals surface area contributed by atoms with Crippen LogP contribution in [0.4, 0.5) is 11.4 Å². The minimum absolute atomic E-state index is 0.569. The van der Waals surface area contributed by atoms with Crippen molar-refractivity contribution in [1.29, 1.82) is 0 Å². The van der Waals surface area contributed by atoms with E-state index in [1.54, 1.807) is 6.07 Å². The molecule has 20 heavy (non-hydrogen) atoms. The summed E-state index contributed by atoms with van der Waals surface area (Å²) in [5.41, 5.74) is 4.71. The molecule has 0 aromatic heterocycles. The zero-order valence-electron chi connectivity index (χ0n) is 11.6. The predicted octanol–water partition coefficient (Wildman–Crippen LogP) is 5.13. The molecule has 0 unspecified atom stereocenters. The van der Waals surface area contributed by atoms with Gasteiger partial charge in [-0.15, -0.1) is 0 Å². The van der Waals surface area contributed by atoms with Gasteiger partial charge in [0.2, 0.25) is 0 Å². The van der Waals surface area contributed by atoms with Crippen LogP contribution in [0.2, 0.25) is 10.0 Å². The lowest BCUT2D eigenvalue weighted by molar-refractivity contribution is 1.07. The molecule has 0 heterocycles. The number of rotatable bonds is 5. The topological polar surface area (TPSA) is 24.1 Å². The molecule has 0 atom stereocenters. The maximum atomic E-state index is 5.98. The fourth-order valence-corrected chi connectivity index (χ4v) is 2.39. The van der Waals surface area contributed by atoms with Crippen LogP contribution in [0.25, 0.3) is 0 Å². The minimum Gasteiger partial charge on any atom is -0.383 e. The summed E-state index contributed by atoms with van der Waals surface area (Å²) in [6.07, 6.45) is 0. The van der Waals surface area contributed by atoms with Gasteiger partial charge >= 0.3 is 0 Å². The molecule has 0 saturated heterocycles. The van der Waals surface area contributed by atoms with E-state index in [1.807, 2.05) is 12.1 Å². The average molecular weight is 309 g/mol. The highest BCUT2D eigenvalue weighted by atomic mass is 35.5. The Hall–Kier alpha value is -1.38. The molecule has 0 aliphatic heterocycles. The van der Waals surface area contributed by atoms with Gasteiger partial charge in [0, 0.05) is 24.5 Å². The monoisotopic (exact) mass is 308 g/mol. The van der Waals surface area contributed by atoms with Crippen molar-refractivity contribution in [2.24, 2.45) is 0 Å². The highest BCUT2D eigenvalue weighted by Crippen LogP contribution is 2.25. The fraction of sp³-hybridized carbons (Fsp3) is 0.250. The number of para-hydroxylation sites is 1. The standard InChI is InChI=1S/C16H18Cl2N2/c1-11-4-3-5-12(2)16(11)20-9-8-19-13-6-7-14(17)15(18)10-13/h3-7,10,19-20H,8-9H2,1-2H3. The van der Waals surface area contributed by atoms with Gasteiger partial charge in [0.1, 0.15) is 0 Å². The lowest BCUT2D eigenvalue weighted by Crippen LogP contribution is -2.14. The molecule has 0 radical (unpaired) electrons. The first-order chi connectivity index (χ1) is 9.58. The van der Waals surface area contributed by atoms with Crippen LogP contribution < -0.4 is 10.6 Å². The summed E-state index contributed by atoms with van der Waals surface area (Å²) in [5, 5.41) is 7.92. The van der Waals surface area contributed by atoms with E-state index in [0.29, 0.717) is 10.0 Å². The Balaban J connectivity index is 1.86. The van der Waals surface area contributed by atoms with Crippen molar-refractivity contribution in [2.75, 3.05) is 23.7 Å². The summed E-state index contributed by atoms with van der Waals surface area (Å²) in [4.78, 5) is 0. The van der Waals surface area contributed by atoms with Gasteiger partial charge in [-0.05, 0) is 43.2 Å². The molecule has 0 aliphatic rings. The van der Waals surface area contributed by atoms with Crippen molar-refractivity contribution in [3.05, 3.63) is 57.6 Å². The maximum absolute atomic E-state index is 5.98. The fourth-order valence-electron chi connectivity index (χ4n) is 2.09. The number of hydrogen-bond acceptors (Lipinski definition) is 2. The molecular formula is C16H18Cl2N2. The summed E-state index contributed by atoms with van der Waals surface area (Å²) in [6.45, 7) is 5.88. The van der Waals surface area contributed by atoms with Gasteiger partial charge in [0.25, 0.3) is 0 Å². The first-order valence-corrected chi connectivity index (χ1v) is 7.32. The van der Waals surface area contributed by atoms with Crippen LogP contribution >= 0.6 is 23.2 Å². The van der Waals surface area contributed by atoms with E-state index >= 15 is 0 Å². The first kappa shape index (κ1) is 15.0. The van der Waals surface area contributed by atoms with Crippen molar-refractivity contribution >= 4 is 34.6 Å². The number of halogens is 2. The van der Waals surface area contributed by atoms with Gasteiger partial charge in [-0.1, -0.05) is 41.4 Å². The first-order valence-electron chi connectivity index (χ1n) is 6.57. The van der Waals surface area contributed by atoms with E-state index in [1.165, 1.54) is 16.8 Å². The van der Waals surface area contributed by atoms with Gasteiger partial charge < -0.3 is 10.6 Å². The zero-order valence-corrected chi connectivity index (χ0v) is 13.1. The van der Waals surface area contributed by atoms with E-state index in [-0.39, 0.29) is 0 Å². The molecule has 2 aromatic carbocycles. The molecule has 2 aromatic rings. The van der Waals surface area contributed by atoms with Crippen molar-refractivity contribution in [3.8, 4) is 0 Å². The Morgan fingerprint density at radius 1 is 0.850 bits per heavy atom. The normalized spacial score (nSPS) is 10.4. The number of anilines is 2. The number of nitrogens with one attached hydrogen (secondary N) is 2. The lowest BCUT2D eigenvalue weighted by atomic mass is 10.1. The van der Waals surface area contributed by atoms with Crippen LogP contribution in [0.3, 0.4) is 0 Å². The van der Waals surface area contributed by atoms with Crippen LogP contribution in [0, 0.1) is 13.8 Å². The second-order valence-corrected chi connectivity index (χ2v) is 5.56. The van der Waals surface area contributed by atoms with E-state index in [2.05, 4.69) is 42.7 Å². The number of hydrogen-bond donors (Lipinski definition) is 2. The third kappa shape index (κ3) is 3.81. The van der Waals surface area contributed by atoms with Gasteiger partial charge in [-0.25, -0.2) is 0 Å². The molecule has 2 N–H and O–H groups in total. The molecule has 0 aliphatic carbocycles. The highest BCUT2D eigenvalue weighted by Gasteiger charge is 2.01. The molecule has 0 fully saturated rings. The smallest absolute Gasteiger partial charge is 0.0612 e. The summed E-state index contributed by atoms with van der Waals surface area (Å²) < 4.78 is 0. The Labute approximate surface area is 130 Å². The van der Waals surface area contributed by atoms with E-state index in [4.69, 9.17) is 23.2 Å². The van der Waals surface area contributed by atoms with Crippen LogP contribution in [-0.2, 0) is 0 Å². The number of aryl methyl sites for hydroxylation is 2. The molecule has 106 valence electrons. The third-order valence-corrected chi connectivity index (χ3v) is 3.90. The molecule has 4 heteroatoms. The second-order valence-electron chi connectivity index (χ2n) is 4.75. The largest absolute Gasteiger partial charge is 0.383 e. The summed E-state index contributed by atoms with van der Waals surface area (Å²) >= 11 is 11.9. The van der Waals surface area contributed by atoms with Gasteiger partial charge in [0.15, 0.2) is 0 Å². The van der Waals surface area contributed by atoms with E-state index in [0.717, 1.165) is 18.8 Å². The van der Waals surface area contributed by atoms with Crippen molar-refractivity contribution in [1.82, 2.24) is 0 Å². The van der Waals surface area contributed by atoms with E-state index in [9.17, 15) is 0 Å². The number of benzene rings is 2. The van der Waals surface area contributed by atoms with Crippen molar-refractivity contribution < 1.29 is 0 Å². The summed E-state index contributed by atoms with van der Waals surface area (Å²) in [6, 6.07) is 11.9. The van der Waals surface area contributed by atoms with Crippen molar-refractivity contribution in [3.63, 3.8) is 0 Å². The average Bonchev–Trinajstić information content (AvgIpc) is 2.41. The predicted molar refractivity (Wildman–Crippen MR) is 89.4 cm³/mol. The van der Waals surface area contributed by atoms with Crippen LogP contribution in [-0.4, -0.2) is 13.1 Å². The minimum atomic E-state index is 0.569. The van der Waals surface area contributed by atoms with E-state index < -0.39 is 0 Å². The van der Waals surface area contributed by atoms with Crippen LogP contribution in [0.5, 0.6) is 0 Å². The molecule has 0 saturated carbocycles. The highest BCUT2D eigenvalue weighted by molar-refractivity contribution is 6.42. The molecule has 0 bridgehead atoms. The summed E-state index contributed by atoms with van der Waals surface area (Å²) in [7, 11) is 0. The molecular weight excluding hydrogens is 291 g/mol. The molecule has 2 nitrogen and oxygen atoms in total. The quantitative estimate of drug-likeness (QED) is 0.748. The summed E-state index contributed by atoms with van der Waals surface area (Å²) in [5.74, 6) is 0. The van der Waals surface area contributed by atoms with Gasteiger partial charge in [-0.2, -0.15) is 0 Å². The van der Waals surface area contributed by atoms with Crippen LogP contribution in [0.15, 0.2) is 36.4 Å². The van der Waals surface area contributed by atoms with Gasteiger partial charge in [-0.3, -0.25) is 0 Å². The third-order valence-electron chi connectivity index (χ3n) is 3.16. The molecule has 0 spiro atoms. The SMILES string of the molecule is Cc1cccc(C)c1NCCNc1ccc(Cl)c(Cl)c1. The molecule has 0 amide bonds. The Kier molecular flexibility index (Phi) is 5.16. The Morgan fingerprint density at radius 3 is 2.15 bits per heavy atom. The molecule has 2 rings (SSSR count). The Morgan fingerprint density at radius 2 is 1.50 bits per heavy atom. The zero-order chi connectivity index (χ0) is 14.5. The second kappa shape index (κ2) is 6.87. The van der Waals surface area contributed by atoms with Crippen molar-refractivity contribution in [2.45, 2.75) is 13.8 Å². The maximum Gasteiger partial charge on any atom is 0.0612 e. The Bertz CT molecular complexity index is 577. The van der Waals surface area contributed by atoms with Gasteiger partial charge in [0.05, 0.1) is 10.0 Å². The lowest BCUT2D eigenvalue weighted by Gasteiger charge is -2.13. The van der Waals surface area contributed by atoms with Crippen LogP contribution in [0.1, 0.15) is 11.1 Å².